The van der Waals surface area contributed by atoms with Gasteiger partial charge in [0.05, 0.1) is 5.56 Å². The molecule has 5 nitrogen and oxygen atoms in total. The molecule has 0 spiro atoms. The Bertz CT molecular complexity index is 722. The molecule has 0 radical (unpaired) electrons. The minimum absolute atomic E-state index is 0.148. The Hall–Kier alpha value is -2.82. The van der Waals surface area contributed by atoms with Crippen molar-refractivity contribution in [2.75, 3.05) is 0 Å². The Morgan fingerprint density at radius 2 is 1.75 bits per heavy atom. The maximum Gasteiger partial charge on any atom is 0.335 e. The van der Waals surface area contributed by atoms with E-state index in [0.29, 0.717) is 18.1 Å². The Morgan fingerprint density at radius 1 is 1.12 bits per heavy atom. The standard InChI is InChI=1S/C19H22N2O3/c1-13(2)10-14-6-8-15(9-7-14)12-24-21-18(20)16-4-3-5-17(11-16)19(22)23/h3-9,11,13H,10,12H2,1-2H3,(H2,20,21)(H,22,23). The molecule has 5 heteroatoms. The van der Waals surface area contributed by atoms with Crippen LogP contribution in [0, 0.1) is 5.92 Å². The van der Waals surface area contributed by atoms with Crippen molar-refractivity contribution >= 4 is 11.8 Å². The molecule has 0 atom stereocenters. The van der Waals surface area contributed by atoms with Crippen molar-refractivity contribution in [3.05, 3.63) is 70.8 Å². The highest BCUT2D eigenvalue weighted by atomic mass is 16.6. The number of oxime groups is 1. The number of carboxylic acid groups (broad SMARTS) is 1. The highest BCUT2D eigenvalue weighted by Crippen LogP contribution is 2.11. The topological polar surface area (TPSA) is 84.9 Å². The molecule has 126 valence electrons. The van der Waals surface area contributed by atoms with Gasteiger partial charge in [-0.25, -0.2) is 4.79 Å². The van der Waals surface area contributed by atoms with Gasteiger partial charge < -0.3 is 15.7 Å². The molecule has 0 saturated heterocycles. The van der Waals surface area contributed by atoms with Crippen molar-refractivity contribution in [3.63, 3.8) is 0 Å². The zero-order chi connectivity index (χ0) is 17.5. The number of aromatic carboxylic acids is 1. The maximum atomic E-state index is 11.0. The average Bonchev–Trinajstić information content (AvgIpc) is 2.56. The van der Waals surface area contributed by atoms with Crippen molar-refractivity contribution in [1.29, 1.82) is 0 Å². The van der Waals surface area contributed by atoms with Crippen LogP contribution < -0.4 is 5.73 Å². The van der Waals surface area contributed by atoms with E-state index in [0.717, 1.165) is 12.0 Å². The van der Waals surface area contributed by atoms with Crippen LogP contribution in [0.25, 0.3) is 0 Å². The predicted octanol–water partition coefficient (Wildman–Crippen LogP) is 3.42. The molecule has 2 aromatic rings. The van der Waals surface area contributed by atoms with Gasteiger partial charge in [0.15, 0.2) is 5.84 Å². The largest absolute Gasteiger partial charge is 0.478 e. The van der Waals surface area contributed by atoms with Gasteiger partial charge in [0, 0.05) is 5.56 Å². The molecule has 0 aromatic heterocycles. The number of carbonyl (C=O) groups is 1. The fraction of sp³-hybridized carbons (Fsp3) is 0.263. The number of nitrogens with zero attached hydrogens (tertiary/aromatic N) is 1. The molecule has 2 aromatic carbocycles. The van der Waals surface area contributed by atoms with E-state index in [4.69, 9.17) is 15.7 Å². The Kier molecular flexibility index (Phi) is 5.95. The first-order valence-electron chi connectivity index (χ1n) is 7.82. The summed E-state index contributed by atoms with van der Waals surface area (Å²) in [6.07, 6.45) is 1.05. The fourth-order valence-electron chi connectivity index (χ4n) is 2.28. The van der Waals surface area contributed by atoms with Crippen LogP contribution in [0.4, 0.5) is 0 Å². The van der Waals surface area contributed by atoms with Crippen LogP contribution in [0.2, 0.25) is 0 Å². The molecule has 0 heterocycles. The second-order valence-corrected chi connectivity index (χ2v) is 6.05. The first-order chi connectivity index (χ1) is 11.5. The lowest BCUT2D eigenvalue weighted by Gasteiger charge is -2.06. The van der Waals surface area contributed by atoms with Gasteiger partial charge in [-0.15, -0.1) is 0 Å². The number of amidine groups is 1. The summed E-state index contributed by atoms with van der Waals surface area (Å²) in [6.45, 7) is 4.68. The van der Waals surface area contributed by atoms with Gasteiger partial charge in [0.2, 0.25) is 0 Å². The zero-order valence-corrected chi connectivity index (χ0v) is 13.9. The van der Waals surface area contributed by atoms with Gasteiger partial charge in [-0.3, -0.25) is 0 Å². The summed E-state index contributed by atoms with van der Waals surface area (Å²) < 4.78 is 0. The third-order valence-corrected chi connectivity index (χ3v) is 3.47. The van der Waals surface area contributed by atoms with E-state index in [9.17, 15) is 4.79 Å². The molecule has 0 unspecified atom stereocenters. The molecule has 0 aliphatic carbocycles. The van der Waals surface area contributed by atoms with E-state index in [2.05, 4.69) is 31.1 Å². The third kappa shape index (κ3) is 5.12. The highest BCUT2D eigenvalue weighted by molar-refractivity contribution is 5.99. The fourth-order valence-corrected chi connectivity index (χ4v) is 2.28. The molecule has 24 heavy (non-hydrogen) atoms. The second kappa shape index (κ2) is 8.15. The van der Waals surface area contributed by atoms with Crippen LogP contribution in [-0.4, -0.2) is 16.9 Å². The summed E-state index contributed by atoms with van der Waals surface area (Å²) in [5.74, 6) is -0.236. The van der Waals surface area contributed by atoms with Crippen molar-refractivity contribution < 1.29 is 14.7 Å². The summed E-state index contributed by atoms with van der Waals surface area (Å²) in [7, 11) is 0. The molecule has 0 amide bonds. The molecular weight excluding hydrogens is 304 g/mol. The summed E-state index contributed by atoms with van der Waals surface area (Å²) >= 11 is 0. The highest BCUT2D eigenvalue weighted by Gasteiger charge is 2.06. The Morgan fingerprint density at radius 3 is 2.38 bits per heavy atom. The van der Waals surface area contributed by atoms with Crippen molar-refractivity contribution in [2.24, 2.45) is 16.8 Å². The van der Waals surface area contributed by atoms with Crippen LogP contribution >= 0.6 is 0 Å². The minimum Gasteiger partial charge on any atom is -0.478 e. The van der Waals surface area contributed by atoms with Crippen molar-refractivity contribution in [2.45, 2.75) is 26.9 Å². The third-order valence-electron chi connectivity index (χ3n) is 3.47. The minimum atomic E-state index is -1.01. The van der Waals surface area contributed by atoms with Crippen LogP contribution in [-0.2, 0) is 17.9 Å². The van der Waals surface area contributed by atoms with E-state index in [-0.39, 0.29) is 11.4 Å². The second-order valence-electron chi connectivity index (χ2n) is 6.05. The van der Waals surface area contributed by atoms with E-state index in [1.165, 1.54) is 17.7 Å². The molecular formula is C19H22N2O3. The van der Waals surface area contributed by atoms with Crippen LogP contribution in [0.1, 0.15) is 40.9 Å². The summed E-state index contributed by atoms with van der Waals surface area (Å²) in [5, 5.41) is 12.8. The van der Waals surface area contributed by atoms with Gasteiger partial charge in [0.1, 0.15) is 6.61 Å². The quantitative estimate of drug-likeness (QED) is 0.464. The molecule has 0 fully saturated rings. The average molecular weight is 326 g/mol. The number of carboxylic acids is 1. The normalized spacial score (nSPS) is 11.5. The predicted molar refractivity (Wildman–Crippen MR) is 93.9 cm³/mol. The monoisotopic (exact) mass is 326 g/mol. The van der Waals surface area contributed by atoms with Gasteiger partial charge in [0.25, 0.3) is 0 Å². The molecule has 0 bridgehead atoms. The lowest BCUT2D eigenvalue weighted by atomic mass is 10.0. The van der Waals surface area contributed by atoms with Gasteiger partial charge >= 0.3 is 5.97 Å². The van der Waals surface area contributed by atoms with Crippen molar-refractivity contribution in [3.8, 4) is 0 Å². The van der Waals surface area contributed by atoms with Crippen LogP contribution in [0.5, 0.6) is 0 Å². The number of rotatable bonds is 7. The molecule has 0 saturated carbocycles. The first-order valence-corrected chi connectivity index (χ1v) is 7.82. The smallest absolute Gasteiger partial charge is 0.335 e. The van der Waals surface area contributed by atoms with E-state index < -0.39 is 5.97 Å². The van der Waals surface area contributed by atoms with Gasteiger partial charge in [-0.1, -0.05) is 55.4 Å². The summed E-state index contributed by atoms with van der Waals surface area (Å²) in [5.41, 5.74) is 8.81. The van der Waals surface area contributed by atoms with Crippen LogP contribution in [0.15, 0.2) is 53.7 Å². The summed E-state index contributed by atoms with van der Waals surface area (Å²) in [4.78, 5) is 16.2. The SMILES string of the molecule is CC(C)Cc1ccc(CO/N=C(\N)c2cccc(C(=O)O)c2)cc1. The number of hydrogen-bond donors (Lipinski definition) is 2. The maximum absolute atomic E-state index is 11.0. The number of nitrogens with two attached hydrogens (primary N) is 1. The number of hydrogen-bond acceptors (Lipinski definition) is 3. The summed E-state index contributed by atoms with van der Waals surface area (Å²) in [6, 6.07) is 14.5. The number of benzene rings is 2. The van der Waals surface area contributed by atoms with E-state index >= 15 is 0 Å². The Labute approximate surface area is 141 Å². The molecule has 0 aliphatic heterocycles. The molecule has 2 rings (SSSR count). The molecule has 3 N–H and O–H groups in total. The zero-order valence-electron chi connectivity index (χ0n) is 13.9. The van der Waals surface area contributed by atoms with E-state index in [1.807, 2.05) is 12.1 Å². The Balaban J connectivity index is 1.95. The lowest BCUT2D eigenvalue weighted by molar-refractivity contribution is 0.0697. The van der Waals surface area contributed by atoms with E-state index in [1.54, 1.807) is 12.1 Å². The molecule has 0 aliphatic rings. The van der Waals surface area contributed by atoms with Crippen molar-refractivity contribution in [1.82, 2.24) is 0 Å². The lowest BCUT2D eigenvalue weighted by Crippen LogP contribution is -2.14. The van der Waals surface area contributed by atoms with Gasteiger partial charge in [-0.05, 0) is 35.6 Å². The first kappa shape index (κ1) is 17.5. The van der Waals surface area contributed by atoms with Gasteiger partial charge in [-0.2, -0.15) is 0 Å². The van der Waals surface area contributed by atoms with Crippen LogP contribution in [0.3, 0.4) is 0 Å².